The van der Waals surface area contributed by atoms with E-state index in [9.17, 15) is 5.11 Å². The van der Waals surface area contributed by atoms with Crippen molar-refractivity contribution >= 4 is 35.1 Å². The van der Waals surface area contributed by atoms with Gasteiger partial charge in [-0.3, -0.25) is 0 Å². The highest BCUT2D eigenvalue weighted by molar-refractivity contribution is 6.34. The second-order valence-corrected chi connectivity index (χ2v) is 7.63. The molecule has 0 saturated heterocycles. The van der Waals surface area contributed by atoms with Crippen LogP contribution in [0.15, 0.2) is 18.2 Å². The molecule has 0 aliphatic carbocycles. The van der Waals surface area contributed by atoms with Gasteiger partial charge in [-0.15, -0.1) is 0 Å². The second-order valence-electron chi connectivity index (χ2n) is 6.78. The molecule has 160 valence electrons. The lowest BCUT2D eigenvalue weighted by Gasteiger charge is -2.18. The van der Waals surface area contributed by atoms with Gasteiger partial charge in [-0.2, -0.15) is 0 Å². The van der Waals surface area contributed by atoms with Gasteiger partial charge < -0.3 is 25.4 Å². The Morgan fingerprint density at radius 1 is 1.11 bits per heavy atom. The lowest BCUT2D eigenvalue weighted by atomic mass is 10.0. The van der Waals surface area contributed by atoms with Gasteiger partial charge in [0.1, 0.15) is 18.5 Å². The number of rotatable bonds is 10. The van der Waals surface area contributed by atoms with Crippen LogP contribution in [0.3, 0.4) is 0 Å². The van der Waals surface area contributed by atoms with E-state index in [2.05, 4.69) is 26.1 Å². The third-order valence-electron chi connectivity index (χ3n) is 3.63. The van der Waals surface area contributed by atoms with E-state index < -0.39 is 18.0 Å². The topological polar surface area (TPSA) is 116 Å². The number of halogens is 2. The predicted molar refractivity (Wildman–Crippen MR) is 109 cm³/mol. The molecule has 0 spiro atoms. The van der Waals surface area contributed by atoms with Crippen LogP contribution in [0.2, 0.25) is 10.0 Å². The lowest BCUT2D eigenvalue weighted by molar-refractivity contribution is -0.159. The van der Waals surface area contributed by atoms with Crippen molar-refractivity contribution in [2.75, 3.05) is 13.2 Å². The van der Waals surface area contributed by atoms with Crippen LogP contribution in [0.25, 0.3) is 0 Å². The molecule has 0 aromatic heterocycles. The van der Waals surface area contributed by atoms with Crippen LogP contribution < -0.4 is 10.1 Å². The minimum atomic E-state index is -1.82. The quantitative estimate of drug-likeness (QED) is 0.412. The maximum absolute atomic E-state index is 9.97. The first-order valence-corrected chi connectivity index (χ1v) is 9.74. The summed E-state index contributed by atoms with van der Waals surface area (Å²) in [6.07, 6.45) is 2.98. The summed E-state index contributed by atoms with van der Waals surface area (Å²) in [7, 11) is 0. The first-order valence-electron chi connectivity index (χ1n) is 8.98. The third kappa shape index (κ3) is 13.6. The number of benzene rings is 1. The first-order chi connectivity index (χ1) is 13.0. The smallest absolute Gasteiger partial charge is 0.414 e. The second kappa shape index (κ2) is 14.5. The van der Waals surface area contributed by atoms with E-state index in [-0.39, 0.29) is 6.61 Å². The zero-order valence-corrected chi connectivity index (χ0v) is 17.8. The van der Waals surface area contributed by atoms with Gasteiger partial charge in [-0.05, 0) is 31.4 Å². The van der Waals surface area contributed by atoms with E-state index in [0.717, 1.165) is 12.3 Å². The highest BCUT2D eigenvalue weighted by Crippen LogP contribution is 2.27. The number of carboxylic acids is 2. The molecule has 0 saturated carbocycles. The molecule has 1 rings (SSSR count). The van der Waals surface area contributed by atoms with Crippen LogP contribution >= 0.6 is 23.2 Å². The Kier molecular flexibility index (Phi) is 13.7. The molecule has 0 aliphatic rings. The number of ether oxygens (including phenoxy) is 1. The van der Waals surface area contributed by atoms with Crippen LogP contribution in [0.5, 0.6) is 5.75 Å². The number of hydrogen-bond donors (Lipinski definition) is 4. The van der Waals surface area contributed by atoms with Crippen molar-refractivity contribution in [2.24, 2.45) is 5.92 Å². The van der Waals surface area contributed by atoms with Crippen LogP contribution in [0.4, 0.5) is 0 Å². The van der Waals surface area contributed by atoms with Gasteiger partial charge >= 0.3 is 11.9 Å². The maximum Gasteiger partial charge on any atom is 0.414 e. The summed E-state index contributed by atoms with van der Waals surface area (Å²) in [4.78, 5) is 18.2. The van der Waals surface area contributed by atoms with E-state index in [1.54, 1.807) is 18.2 Å². The van der Waals surface area contributed by atoms with Crippen LogP contribution in [0, 0.1) is 5.92 Å². The van der Waals surface area contributed by atoms with Gasteiger partial charge in [-0.1, -0.05) is 49.9 Å². The molecule has 9 heteroatoms. The van der Waals surface area contributed by atoms with E-state index in [4.69, 9.17) is 47.7 Å². The van der Waals surface area contributed by atoms with Gasteiger partial charge in [0.05, 0.1) is 5.02 Å². The molecule has 0 radical (unpaired) electrons. The molecule has 1 aromatic rings. The van der Waals surface area contributed by atoms with E-state index in [1.165, 1.54) is 12.8 Å². The average Bonchev–Trinajstić information content (AvgIpc) is 2.60. The van der Waals surface area contributed by atoms with Crippen molar-refractivity contribution in [3.05, 3.63) is 28.2 Å². The summed E-state index contributed by atoms with van der Waals surface area (Å²) >= 11 is 11.9. The normalized spacial score (nSPS) is 12.7. The Morgan fingerprint density at radius 3 is 2.25 bits per heavy atom. The number of carboxylic acid groups (broad SMARTS) is 2. The minimum absolute atomic E-state index is 0.186. The van der Waals surface area contributed by atoms with Crippen molar-refractivity contribution < 1.29 is 29.6 Å². The Morgan fingerprint density at radius 2 is 1.71 bits per heavy atom. The zero-order valence-electron chi connectivity index (χ0n) is 16.3. The largest absolute Gasteiger partial charge is 0.489 e. The van der Waals surface area contributed by atoms with E-state index >= 15 is 0 Å². The summed E-state index contributed by atoms with van der Waals surface area (Å²) in [5, 5.41) is 29.1. The van der Waals surface area contributed by atoms with Gasteiger partial charge in [0.2, 0.25) is 0 Å². The van der Waals surface area contributed by atoms with Gasteiger partial charge in [-0.25, -0.2) is 9.59 Å². The van der Waals surface area contributed by atoms with Crippen LogP contribution in [-0.4, -0.2) is 52.6 Å². The van der Waals surface area contributed by atoms with Crippen LogP contribution in [-0.2, 0) is 9.59 Å². The third-order valence-corrected chi connectivity index (χ3v) is 4.18. The molecule has 0 bridgehead atoms. The summed E-state index contributed by atoms with van der Waals surface area (Å²) < 4.78 is 5.52. The van der Waals surface area contributed by atoms with Crippen molar-refractivity contribution in [1.29, 1.82) is 0 Å². The summed E-state index contributed by atoms with van der Waals surface area (Å²) in [5.74, 6) is -2.41. The summed E-state index contributed by atoms with van der Waals surface area (Å²) in [6.45, 7) is 7.30. The van der Waals surface area contributed by atoms with Crippen molar-refractivity contribution in [2.45, 2.75) is 52.2 Å². The van der Waals surface area contributed by atoms with Crippen LogP contribution in [0.1, 0.15) is 40.0 Å². The Balaban J connectivity index is 0.00000105. The van der Waals surface area contributed by atoms with Gasteiger partial charge in [0.25, 0.3) is 0 Å². The Hall–Kier alpha value is -1.54. The number of carbonyl (C=O) groups is 2. The highest BCUT2D eigenvalue weighted by atomic mass is 35.5. The number of aliphatic hydroxyl groups is 1. The molecule has 2 unspecified atom stereocenters. The van der Waals surface area contributed by atoms with Gasteiger partial charge in [0, 0.05) is 23.7 Å². The molecule has 0 heterocycles. The van der Waals surface area contributed by atoms with E-state index in [1.807, 2.05) is 0 Å². The fraction of sp³-hybridized carbons (Fsp3) is 0.579. The first kappa shape index (κ1) is 26.5. The molecule has 2 atom stereocenters. The molecule has 0 aliphatic heterocycles. The molecule has 1 aromatic carbocycles. The monoisotopic (exact) mass is 437 g/mol. The number of nitrogens with one attached hydrogen (secondary N) is 1. The molecule has 0 amide bonds. The van der Waals surface area contributed by atoms with Crippen molar-refractivity contribution in [3.8, 4) is 5.75 Å². The molecule has 7 nitrogen and oxygen atoms in total. The molecule has 0 fully saturated rings. The molecule has 4 N–H and O–H groups in total. The lowest BCUT2D eigenvalue weighted by Crippen LogP contribution is -2.36. The van der Waals surface area contributed by atoms with E-state index in [0.29, 0.717) is 28.4 Å². The number of aliphatic hydroxyl groups excluding tert-OH is 1. The summed E-state index contributed by atoms with van der Waals surface area (Å²) in [6, 6.07) is 5.43. The average molecular weight is 438 g/mol. The van der Waals surface area contributed by atoms with Crippen molar-refractivity contribution in [3.63, 3.8) is 0 Å². The fourth-order valence-corrected chi connectivity index (χ4v) is 2.44. The minimum Gasteiger partial charge on any atom is -0.489 e. The SMILES string of the molecule is CC(C)CCCC(C)NCC(O)COc1cc(Cl)ccc1Cl.O=C(O)C(=O)O. The zero-order chi connectivity index (χ0) is 21.7. The Bertz CT molecular complexity index is 600. The Labute approximate surface area is 175 Å². The number of hydrogen-bond acceptors (Lipinski definition) is 5. The fourth-order valence-electron chi connectivity index (χ4n) is 2.10. The van der Waals surface area contributed by atoms with Gasteiger partial charge in [0.15, 0.2) is 0 Å². The summed E-state index contributed by atoms with van der Waals surface area (Å²) in [5.41, 5.74) is 0. The highest BCUT2D eigenvalue weighted by Gasteiger charge is 2.10. The molecular weight excluding hydrogens is 409 g/mol. The van der Waals surface area contributed by atoms with Crippen molar-refractivity contribution in [1.82, 2.24) is 5.32 Å². The molecule has 28 heavy (non-hydrogen) atoms. The maximum atomic E-state index is 9.97. The molecular formula is C19H29Cl2NO6. The standard InChI is InChI=1S/C17H27Cl2NO2.C2H2O4/c1-12(2)5-4-6-13(3)20-10-15(21)11-22-17-9-14(18)7-8-16(17)19;3-1(4)2(5)6/h7-9,12-13,15,20-21H,4-6,10-11H2,1-3H3;(H,3,4)(H,5,6). The predicted octanol–water partition coefficient (Wildman–Crippen LogP) is 3.69. The number of aliphatic carboxylic acids is 2.